The zero-order chi connectivity index (χ0) is 13.2. The molecular weight excluding hydrogens is 256 g/mol. The molecule has 0 aromatic carbocycles. The SMILES string of the molecule is CC(C)c1nc(CS(=O)(=O)C(C)C)sc1CN. The molecule has 0 radical (unpaired) electrons. The van der Waals surface area contributed by atoms with Crippen LogP contribution >= 0.6 is 11.3 Å². The number of thiazole rings is 1. The Hall–Kier alpha value is -0.460. The summed E-state index contributed by atoms with van der Waals surface area (Å²) in [6.07, 6.45) is 0. The van der Waals surface area contributed by atoms with Crippen LogP contribution in [0, 0.1) is 0 Å². The molecule has 6 heteroatoms. The molecule has 1 rings (SSSR count). The maximum Gasteiger partial charge on any atom is 0.159 e. The fraction of sp³-hybridized carbons (Fsp3) is 0.727. The lowest BCUT2D eigenvalue weighted by atomic mass is 10.1. The van der Waals surface area contributed by atoms with Gasteiger partial charge in [-0.25, -0.2) is 13.4 Å². The van der Waals surface area contributed by atoms with Crippen LogP contribution in [0.25, 0.3) is 0 Å². The van der Waals surface area contributed by atoms with Gasteiger partial charge in [0.25, 0.3) is 0 Å². The molecule has 0 saturated carbocycles. The molecule has 1 heterocycles. The molecule has 0 aliphatic carbocycles. The smallest absolute Gasteiger partial charge is 0.159 e. The maximum atomic E-state index is 11.8. The Labute approximate surface area is 107 Å². The van der Waals surface area contributed by atoms with Crippen molar-refractivity contribution in [1.82, 2.24) is 4.98 Å². The molecule has 98 valence electrons. The average molecular weight is 276 g/mol. The first-order valence-electron chi connectivity index (χ1n) is 5.68. The molecule has 0 spiro atoms. The summed E-state index contributed by atoms with van der Waals surface area (Å²) in [5.41, 5.74) is 6.58. The van der Waals surface area contributed by atoms with Crippen LogP contribution in [0.4, 0.5) is 0 Å². The minimum Gasteiger partial charge on any atom is -0.326 e. The first kappa shape index (κ1) is 14.6. The molecule has 0 fully saturated rings. The zero-order valence-electron chi connectivity index (χ0n) is 10.7. The summed E-state index contributed by atoms with van der Waals surface area (Å²) in [7, 11) is -3.08. The van der Waals surface area contributed by atoms with E-state index in [2.05, 4.69) is 4.98 Å². The van der Waals surface area contributed by atoms with Crippen molar-refractivity contribution in [3.8, 4) is 0 Å². The molecule has 0 bridgehead atoms. The van der Waals surface area contributed by atoms with E-state index in [0.29, 0.717) is 11.6 Å². The van der Waals surface area contributed by atoms with Gasteiger partial charge in [-0.05, 0) is 19.8 Å². The van der Waals surface area contributed by atoms with Crippen LogP contribution in [-0.2, 0) is 22.1 Å². The molecular formula is C11H20N2O2S2. The van der Waals surface area contributed by atoms with Crippen molar-refractivity contribution in [1.29, 1.82) is 0 Å². The normalized spacial score (nSPS) is 12.6. The lowest BCUT2D eigenvalue weighted by molar-refractivity contribution is 0.586. The fourth-order valence-electron chi connectivity index (χ4n) is 1.41. The van der Waals surface area contributed by atoms with Gasteiger partial charge in [0.05, 0.1) is 10.9 Å². The van der Waals surface area contributed by atoms with Crippen LogP contribution in [0.5, 0.6) is 0 Å². The number of hydrogen-bond acceptors (Lipinski definition) is 5. The van der Waals surface area contributed by atoms with E-state index in [9.17, 15) is 8.42 Å². The van der Waals surface area contributed by atoms with Gasteiger partial charge in [-0.3, -0.25) is 0 Å². The predicted molar refractivity (Wildman–Crippen MR) is 71.9 cm³/mol. The molecule has 17 heavy (non-hydrogen) atoms. The van der Waals surface area contributed by atoms with Crippen molar-refractivity contribution in [2.45, 2.75) is 51.2 Å². The van der Waals surface area contributed by atoms with Crippen molar-refractivity contribution in [3.63, 3.8) is 0 Å². The molecule has 0 aliphatic rings. The van der Waals surface area contributed by atoms with E-state index in [1.54, 1.807) is 13.8 Å². The molecule has 0 aliphatic heterocycles. The van der Waals surface area contributed by atoms with Gasteiger partial charge in [0.2, 0.25) is 0 Å². The minimum atomic E-state index is -3.08. The van der Waals surface area contributed by atoms with Crippen LogP contribution in [0.2, 0.25) is 0 Å². The monoisotopic (exact) mass is 276 g/mol. The van der Waals surface area contributed by atoms with Crippen molar-refractivity contribution < 1.29 is 8.42 Å². The van der Waals surface area contributed by atoms with Gasteiger partial charge in [-0.15, -0.1) is 11.3 Å². The van der Waals surface area contributed by atoms with E-state index in [0.717, 1.165) is 10.6 Å². The Morgan fingerprint density at radius 2 is 1.88 bits per heavy atom. The fourth-order valence-corrected chi connectivity index (χ4v) is 3.78. The van der Waals surface area contributed by atoms with Gasteiger partial charge in [-0.2, -0.15) is 0 Å². The third kappa shape index (κ3) is 3.50. The van der Waals surface area contributed by atoms with Crippen molar-refractivity contribution in [2.75, 3.05) is 0 Å². The lowest BCUT2D eigenvalue weighted by Crippen LogP contribution is -2.15. The summed E-state index contributed by atoms with van der Waals surface area (Å²) < 4.78 is 23.6. The van der Waals surface area contributed by atoms with E-state index >= 15 is 0 Å². The van der Waals surface area contributed by atoms with Gasteiger partial charge in [0.1, 0.15) is 10.8 Å². The van der Waals surface area contributed by atoms with E-state index in [1.807, 2.05) is 13.8 Å². The van der Waals surface area contributed by atoms with E-state index in [1.165, 1.54) is 11.3 Å². The van der Waals surface area contributed by atoms with Crippen LogP contribution in [0.15, 0.2) is 0 Å². The highest BCUT2D eigenvalue weighted by Gasteiger charge is 2.21. The second-order valence-corrected chi connectivity index (χ2v) is 8.36. The molecule has 0 saturated heterocycles. The van der Waals surface area contributed by atoms with Crippen molar-refractivity contribution in [2.24, 2.45) is 5.73 Å². The van der Waals surface area contributed by atoms with Crippen LogP contribution < -0.4 is 5.73 Å². The number of sulfone groups is 1. The van der Waals surface area contributed by atoms with Gasteiger partial charge in [-0.1, -0.05) is 13.8 Å². The molecule has 0 atom stereocenters. The summed E-state index contributed by atoms with van der Waals surface area (Å²) in [5.74, 6) is 0.301. The Morgan fingerprint density at radius 3 is 2.24 bits per heavy atom. The molecule has 0 amide bonds. The highest BCUT2D eigenvalue weighted by atomic mass is 32.2. The van der Waals surface area contributed by atoms with Gasteiger partial charge >= 0.3 is 0 Å². The van der Waals surface area contributed by atoms with E-state index in [4.69, 9.17) is 5.73 Å². The quantitative estimate of drug-likeness (QED) is 0.893. The summed E-state index contributed by atoms with van der Waals surface area (Å²) in [6.45, 7) is 7.88. The average Bonchev–Trinajstić information content (AvgIpc) is 2.60. The van der Waals surface area contributed by atoms with Crippen LogP contribution in [0.1, 0.15) is 49.2 Å². The van der Waals surface area contributed by atoms with E-state index < -0.39 is 9.84 Å². The molecule has 0 unspecified atom stereocenters. The lowest BCUT2D eigenvalue weighted by Gasteiger charge is -2.04. The van der Waals surface area contributed by atoms with Gasteiger partial charge < -0.3 is 5.73 Å². The molecule has 2 N–H and O–H groups in total. The number of nitrogens with zero attached hydrogens (tertiary/aromatic N) is 1. The number of rotatable bonds is 5. The Kier molecular flexibility index (Phi) is 4.69. The molecule has 1 aromatic heterocycles. The third-order valence-electron chi connectivity index (χ3n) is 2.55. The minimum absolute atomic E-state index is 0.0229. The highest BCUT2D eigenvalue weighted by Crippen LogP contribution is 2.26. The Balaban J connectivity index is 3.02. The Bertz CT molecular complexity index is 476. The predicted octanol–water partition coefficient (Wildman–Crippen LogP) is 2.05. The summed E-state index contributed by atoms with van der Waals surface area (Å²) >= 11 is 1.42. The summed E-state index contributed by atoms with van der Waals surface area (Å²) in [4.78, 5) is 5.40. The first-order valence-corrected chi connectivity index (χ1v) is 8.21. The standard InChI is InChI=1S/C11H20N2O2S2/c1-7(2)11-9(5-12)16-10(13-11)6-17(14,15)8(3)4/h7-8H,5-6,12H2,1-4H3. The van der Waals surface area contributed by atoms with E-state index in [-0.39, 0.29) is 16.9 Å². The van der Waals surface area contributed by atoms with Crippen LogP contribution in [-0.4, -0.2) is 18.7 Å². The second-order valence-electron chi connectivity index (χ2n) is 4.63. The summed E-state index contributed by atoms with van der Waals surface area (Å²) in [5, 5.41) is 0.290. The third-order valence-corrected chi connectivity index (χ3v) is 5.94. The van der Waals surface area contributed by atoms with Crippen molar-refractivity contribution in [3.05, 3.63) is 15.6 Å². The van der Waals surface area contributed by atoms with Gasteiger partial charge in [0, 0.05) is 11.4 Å². The van der Waals surface area contributed by atoms with Gasteiger partial charge in [0.15, 0.2) is 9.84 Å². The zero-order valence-corrected chi connectivity index (χ0v) is 12.4. The topological polar surface area (TPSA) is 73.0 Å². The van der Waals surface area contributed by atoms with Crippen molar-refractivity contribution >= 4 is 21.2 Å². The molecule has 4 nitrogen and oxygen atoms in total. The Morgan fingerprint density at radius 1 is 1.29 bits per heavy atom. The highest BCUT2D eigenvalue weighted by molar-refractivity contribution is 7.91. The van der Waals surface area contributed by atoms with Crippen LogP contribution in [0.3, 0.4) is 0 Å². The second kappa shape index (κ2) is 5.46. The molecule has 1 aromatic rings. The number of hydrogen-bond donors (Lipinski definition) is 1. The first-order chi connectivity index (χ1) is 7.77. The number of nitrogens with two attached hydrogens (primary N) is 1. The maximum absolute atomic E-state index is 11.8. The largest absolute Gasteiger partial charge is 0.326 e. The number of aromatic nitrogens is 1. The summed E-state index contributed by atoms with van der Waals surface area (Å²) in [6, 6.07) is 0.